The van der Waals surface area contributed by atoms with E-state index in [2.05, 4.69) is 10.6 Å². The first kappa shape index (κ1) is 20.4. The minimum atomic E-state index is -0.354. The van der Waals surface area contributed by atoms with Crippen molar-refractivity contribution in [1.29, 1.82) is 0 Å². The summed E-state index contributed by atoms with van der Waals surface area (Å²) in [4.78, 5) is 38.8. The van der Waals surface area contributed by atoms with Gasteiger partial charge in [-0.2, -0.15) is 0 Å². The molecule has 0 aromatic heterocycles. The van der Waals surface area contributed by atoms with Crippen LogP contribution in [0.4, 0.5) is 5.69 Å². The van der Waals surface area contributed by atoms with Crippen LogP contribution in [-0.2, 0) is 9.59 Å². The van der Waals surface area contributed by atoms with Gasteiger partial charge in [0.05, 0.1) is 19.2 Å². The SMILES string of the molecule is COc1ccccc1C(=O)NCC(=O)N1CCC(C(=O)Nc2ccccc2)CC1. The molecule has 7 nitrogen and oxygen atoms in total. The number of benzene rings is 2. The van der Waals surface area contributed by atoms with Crippen molar-refractivity contribution in [3.8, 4) is 5.75 Å². The van der Waals surface area contributed by atoms with Crippen molar-refractivity contribution in [2.45, 2.75) is 12.8 Å². The van der Waals surface area contributed by atoms with E-state index in [4.69, 9.17) is 4.74 Å². The molecule has 1 aliphatic rings. The van der Waals surface area contributed by atoms with Crippen molar-refractivity contribution in [1.82, 2.24) is 10.2 Å². The average Bonchev–Trinajstić information content (AvgIpc) is 2.78. The number of likely N-dealkylation sites (tertiary alicyclic amines) is 1. The summed E-state index contributed by atoms with van der Waals surface area (Å²) < 4.78 is 5.17. The Bertz CT molecular complexity index is 861. The molecule has 2 aromatic carbocycles. The molecule has 0 spiro atoms. The zero-order chi connectivity index (χ0) is 20.6. The molecule has 29 heavy (non-hydrogen) atoms. The predicted octanol–water partition coefficient (Wildman–Crippen LogP) is 2.30. The molecule has 7 heteroatoms. The fraction of sp³-hybridized carbons (Fsp3) is 0.318. The van der Waals surface area contributed by atoms with Crippen molar-refractivity contribution in [3.63, 3.8) is 0 Å². The van der Waals surface area contributed by atoms with Gasteiger partial charge in [0.2, 0.25) is 11.8 Å². The Morgan fingerprint density at radius 2 is 1.66 bits per heavy atom. The number of methoxy groups -OCH3 is 1. The second-order valence-electron chi connectivity index (χ2n) is 6.89. The van der Waals surface area contributed by atoms with Crippen LogP contribution in [0.25, 0.3) is 0 Å². The number of carbonyl (C=O) groups excluding carboxylic acids is 3. The number of nitrogens with zero attached hydrogens (tertiary/aromatic N) is 1. The lowest BCUT2D eigenvalue weighted by Crippen LogP contribution is -2.45. The van der Waals surface area contributed by atoms with Gasteiger partial charge in [-0.25, -0.2) is 0 Å². The Morgan fingerprint density at radius 3 is 2.34 bits per heavy atom. The van der Waals surface area contributed by atoms with Crippen LogP contribution in [-0.4, -0.2) is 49.4 Å². The first-order chi connectivity index (χ1) is 14.1. The third-order valence-electron chi connectivity index (χ3n) is 5.01. The minimum Gasteiger partial charge on any atom is -0.496 e. The van der Waals surface area contributed by atoms with Crippen LogP contribution in [0.5, 0.6) is 5.75 Å². The molecule has 0 atom stereocenters. The summed E-state index contributed by atoms with van der Waals surface area (Å²) in [6.07, 6.45) is 1.20. The standard InChI is InChI=1S/C22H25N3O4/c1-29-19-10-6-5-9-18(19)22(28)23-15-20(26)25-13-11-16(12-14-25)21(27)24-17-7-3-2-4-8-17/h2-10,16H,11-15H2,1H3,(H,23,28)(H,24,27). The van der Waals surface area contributed by atoms with E-state index in [-0.39, 0.29) is 30.2 Å². The second kappa shape index (κ2) is 9.73. The third kappa shape index (κ3) is 5.34. The molecule has 0 radical (unpaired) electrons. The highest BCUT2D eigenvalue weighted by atomic mass is 16.5. The van der Waals surface area contributed by atoms with Gasteiger partial charge in [0.25, 0.3) is 5.91 Å². The summed E-state index contributed by atoms with van der Waals surface area (Å²) in [6, 6.07) is 16.2. The molecular weight excluding hydrogens is 370 g/mol. The number of rotatable bonds is 6. The molecule has 0 aliphatic carbocycles. The lowest BCUT2D eigenvalue weighted by Gasteiger charge is -2.31. The lowest BCUT2D eigenvalue weighted by molar-refractivity contribution is -0.133. The normalized spacial score (nSPS) is 14.2. The number of para-hydroxylation sites is 2. The molecule has 1 aliphatic heterocycles. The molecule has 0 unspecified atom stereocenters. The van der Waals surface area contributed by atoms with Gasteiger partial charge in [-0.15, -0.1) is 0 Å². The molecule has 2 N–H and O–H groups in total. The Kier molecular flexibility index (Phi) is 6.84. The second-order valence-corrected chi connectivity index (χ2v) is 6.89. The summed E-state index contributed by atoms with van der Waals surface area (Å²) in [5, 5.41) is 5.56. The van der Waals surface area contributed by atoms with E-state index < -0.39 is 0 Å². The largest absolute Gasteiger partial charge is 0.496 e. The zero-order valence-electron chi connectivity index (χ0n) is 16.4. The summed E-state index contributed by atoms with van der Waals surface area (Å²) in [7, 11) is 1.50. The summed E-state index contributed by atoms with van der Waals surface area (Å²) in [5.74, 6) is -0.194. The van der Waals surface area contributed by atoms with E-state index in [1.54, 1.807) is 29.2 Å². The van der Waals surface area contributed by atoms with Crippen molar-refractivity contribution in [3.05, 3.63) is 60.2 Å². The molecule has 3 rings (SSSR count). The van der Waals surface area contributed by atoms with Crippen LogP contribution < -0.4 is 15.4 Å². The maximum atomic E-state index is 12.4. The van der Waals surface area contributed by atoms with E-state index >= 15 is 0 Å². The van der Waals surface area contributed by atoms with Gasteiger partial charge >= 0.3 is 0 Å². The summed E-state index contributed by atoms with van der Waals surface area (Å²) in [5.41, 5.74) is 1.16. The van der Waals surface area contributed by atoms with Crippen molar-refractivity contribution in [2.75, 3.05) is 32.1 Å². The number of anilines is 1. The first-order valence-electron chi connectivity index (χ1n) is 9.63. The van der Waals surface area contributed by atoms with E-state index in [1.807, 2.05) is 30.3 Å². The van der Waals surface area contributed by atoms with E-state index in [0.29, 0.717) is 37.2 Å². The molecule has 0 saturated carbocycles. The summed E-state index contributed by atoms with van der Waals surface area (Å²) in [6.45, 7) is 0.907. The highest BCUT2D eigenvalue weighted by molar-refractivity contribution is 5.98. The fourth-order valence-corrected chi connectivity index (χ4v) is 3.35. The van der Waals surface area contributed by atoms with Gasteiger partial charge in [-0.05, 0) is 37.1 Å². The van der Waals surface area contributed by atoms with Crippen LogP contribution >= 0.6 is 0 Å². The molecule has 0 bridgehead atoms. The number of hydrogen-bond acceptors (Lipinski definition) is 4. The van der Waals surface area contributed by atoms with Crippen LogP contribution in [0, 0.1) is 5.92 Å². The van der Waals surface area contributed by atoms with Crippen LogP contribution in [0.2, 0.25) is 0 Å². The Labute approximate surface area is 170 Å². The Morgan fingerprint density at radius 1 is 1.00 bits per heavy atom. The molecule has 152 valence electrons. The third-order valence-corrected chi connectivity index (χ3v) is 5.01. The van der Waals surface area contributed by atoms with Gasteiger partial charge < -0.3 is 20.3 Å². The van der Waals surface area contributed by atoms with Gasteiger partial charge in [0, 0.05) is 24.7 Å². The molecular formula is C22H25N3O4. The van der Waals surface area contributed by atoms with Gasteiger partial charge in [0.15, 0.2) is 0 Å². The van der Waals surface area contributed by atoms with Crippen molar-refractivity contribution >= 4 is 23.4 Å². The molecule has 1 heterocycles. The quantitative estimate of drug-likeness (QED) is 0.786. The molecule has 1 saturated heterocycles. The molecule has 2 aromatic rings. The first-order valence-corrected chi connectivity index (χ1v) is 9.63. The average molecular weight is 395 g/mol. The number of nitrogens with one attached hydrogen (secondary N) is 2. The fourth-order valence-electron chi connectivity index (χ4n) is 3.35. The minimum absolute atomic E-state index is 0.0206. The topological polar surface area (TPSA) is 87.7 Å². The van der Waals surface area contributed by atoms with E-state index in [1.165, 1.54) is 7.11 Å². The van der Waals surface area contributed by atoms with Crippen LogP contribution in [0.1, 0.15) is 23.2 Å². The van der Waals surface area contributed by atoms with Crippen LogP contribution in [0.15, 0.2) is 54.6 Å². The van der Waals surface area contributed by atoms with Gasteiger partial charge in [0.1, 0.15) is 5.75 Å². The highest BCUT2D eigenvalue weighted by Gasteiger charge is 2.27. The van der Waals surface area contributed by atoms with Crippen molar-refractivity contribution in [2.24, 2.45) is 5.92 Å². The molecule has 1 fully saturated rings. The lowest BCUT2D eigenvalue weighted by atomic mass is 9.95. The Hall–Kier alpha value is -3.35. The van der Waals surface area contributed by atoms with E-state index in [0.717, 1.165) is 5.69 Å². The number of ether oxygens (including phenoxy) is 1. The predicted molar refractivity (Wildman–Crippen MR) is 110 cm³/mol. The maximum absolute atomic E-state index is 12.4. The van der Waals surface area contributed by atoms with Gasteiger partial charge in [-0.1, -0.05) is 30.3 Å². The monoisotopic (exact) mass is 395 g/mol. The smallest absolute Gasteiger partial charge is 0.255 e. The molecule has 3 amide bonds. The van der Waals surface area contributed by atoms with Gasteiger partial charge in [-0.3, -0.25) is 14.4 Å². The number of carbonyl (C=O) groups is 3. The maximum Gasteiger partial charge on any atom is 0.255 e. The van der Waals surface area contributed by atoms with E-state index in [9.17, 15) is 14.4 Å². The number of amides is 3. The summed E-state index contributed by atoms with van der Waals surface area (Å²) >= 11 is 0. The zero-order valence-corrected chi connectivity index (χ0v) is 16.4. The number of hydrogen-bond donors (Lipinski definition) is 2. The van der Waals surface area contributed by atoms with Crippen LogP contribution in [0.3, 0.4) is 0 Å². The van der Waals surface area contributed by atoms with Crippen molar-refractivity contribution < 1.29 is 19.1 Å². The highest BCUT2D eigenvalue weighted by Crippen LogP contribution is 2.20. The number of piperidine rings is 1. The Balaban J connectivity index is 1.45.